The summed E-state index contributed by atoms with van der Waals surface area (Å²) in [7, 11) is 0. The Bertz CT molecular complexity index is 978. The van der Waals surface area contributed by atoms with Crippen molar-refractivity contribution in [2.45, 2.75) is 0 Å². The van der Waals surface area contributed by atoms with Crippen LogP contribution in [0.5, 0.6) is 0 Å². The molecular weight excluding hydrogens is 401 g/mol. The van der Waals surface area contributed by atoms with E-state index in [2.05, 4.69) is 20.8 Å². The molecule has 2 N–H and O–H groups in total. The molecule has 132 valence electrons. The van der Waals surface area contributed by atoms with Crippen LogP contribution in [0.1, 0.15) is 0 Å². The van der Waals surface area contributed by atoms with Gasteiger partial charge in [0.25, 0.3) is 5.69 Å². The molecule has 0 aliphatic heterocycles. The molecule has 0 atom stereocenters. The Morgan fingerprint density at radius 1 is 1.08 bits per heavy atom. The number of nitrogens with zero attached hydrogens (tertiary/aromatic N) is 3. The molecule has 3 aromatic rings. The van der Waals surface area contributed by atoms with Gasteiger partial charge in [-0.25, -0.2) is 4.79 Å². The van der Waals surface area contributed by atoms with Crippen molar-refractivity contribution in [3.63, 3.8) is 0 Å². The van der Waals surface area contributed by atoms with Crippen LogP contribution in [0.25, 0.3) is 10.6 Å². The standard InChI is InChI=1S/C15H9Cl2N5O3S/c16-8-1-6-11(12(17)7-8)13-20-21-15(26-13)19-14(23)18-9-2-4-10(5-3-9)22(24)25/h1-7H,(H2,18,19,21,23). The maximum absolute atomic E-state index is 12.0. The predicted molar refractivity (Wildman–Crippen MR) is 101 cm³/mol. The van der Waals surface area contributed by atoms with E-state index in [9.17, 15) is 14.9 Å². The van der Waals surface area contributed by atoms with E-state index in [0.717, 1.165) is 11.3 Å². The van der Waals surface area contributed by atoms with E-state index in [0.29, 0.717) is 26.3 Å². The number of benzene rings is 2. The Morgan fingerprint density at radius 3 is 2.46 bits per heavy atom. The third kappa shape index (κ3) is 4.26. The second-order valence-corrected chi connectivity index (χ2v) is 6.74. The number of carbonyl (C=O) groups is 1. The Kier molecular flexibility index (Phi) is 5.31. The highest BCUT2D eigenvalue weighted by atomic mass is 35.5. The number of hydrogen-bond acceptors (Lipinski definition) is 6. The molecule has 2 amide bonds. The summed E-state index contributed by atoms with van der Waals surface area (Å²) in [5.41, 5.74) is 0.987. The molecule has 11 heteroatoms. The first-order valence-electron chi connectivity index (χ1n) is 7.04. The van der Waals surface area contributed by atoms with Crippen molar-refractivity contribution in [1.82, 2.24) is 10.2 Å². The molecule has 0 unspecified atom stereocenters. The predicted octanol–water partition coefficient (Wildman–Crippen LogP) is 5.06. The Labute approximate surface area is 160 Å². The van der Waals surface area contributed by atoms with Gasteiger partial charge >= 0.3 is 6.03 Å². The molecule has 26 heavy (non-hydrogen) atoms. The first-order valence-corrected chi connectivity index (χ1v) is 8.61. The summed E-state index contributed by atoms with van der Waals surface area (Å²) in [4.78, 5) is 22.1. The number of hydrogen-bond donors (Lipinski definition) is 2. The second-order valence-electron chi connectivity index (χ2n) is 4.92. The molecule has 0 saturated carbocycles. The summed E-state index contributed by atoms with van der Waals surface area (Å²) in [6, 6.07) is 9.87. The zero-order valence-electron chi connectivity index (χ0n) is 12.8. The fraction of sp³-hybridized carbons (Fsp3) is 0. The number of carbonyl (C=O) groups excluding carboxylic acids is 1. The number of rotatable bonds is 4. The lowest BCUT2D eigenvalue weighted by molar-refractivity contribution is -0.384. The van der Waals surface area contributed by atoms with Crippen molar-refractivity contribution in [3.05, 3.63) is 62.6 Å². The summed E-state index contributed by atoms with van der Waals surface area (Å²) in [6.45, 7) is 0. The van der Waals surface area contributed by atoms with E-state index in [1.165, 1.54) is 24.3 Å². The molecule has 0 aliphatic carbocycles. The van der Waals surface area contributed by atoms with E-state index in [1.807, 2.05) is 0 Å². The highest BCUT2D eigenvalue weighted by molar-refractivity contribution is 7.18. The smallest absolute Gasteiger partial charge is 0.308 e. The molecule has 1 aromatic heterocycles. The number of amides is 2. The van der Waals surface area contributed by atoms with Gasteiger partial charge in [0, 0.05) is 28.4 Å². The third-order valence-corrected chi connectivity index (χ3v) is 4.56. The minimum atomic E-state index is -0.552. The van der Waals surface area contributed by atoms with Gasteiger partial charge in [-0.1, -0.05) is 34.5 Å². The maximum Gasteiger partial charge on any atom is 0.325 e. The number of nitro groups is 1. The summed E-state index contributed by atoms with van der Waals surface area (Å²) >= 11 is 13.1. The minimum absolute atomic E-state index is 0.0652. The van der Waals surface area contributed by atoms with Gasteiger partial charge in [0.05, 0.1) is 9.95 Å². The van der Waals surface area contributed by atoms with Gasteiger partial charge in [0.15, 0.2) is 5.01 Å². The number of non-ortho nitro benzene ring substituents is 1. The van der Waals surface area contributed by atoms with Crippen LogP contribution in [-0.4, -0.2) is 21.2 Å². The average molecular weight is 410 g/mol. The summed E-state index contributed by atoms with van der Waals surface area (Å²) < 4.78 is 0. The first-order chi connectivity index (χ1) is 12.4. The zero-order chi connectivity index (χ0) is 18.7. The highest BCUT2D eigenvalue weighted by Crippen LogP contribution is 2.33. The summed E-state index contributed by atoms with van der Waals surface area (Å²) in [5.74, 6) is 0. The van der Waals surface area contributed by atoms with Gasteiger partial charge in [0.1, 0.15) is 0 Å². The normalized spacial score (nSPS) is 10.4. The van der Waals surface area contributed by atoms with Crippen LogP contribution in [0.2, 0.25) is 10.0 Å². The van der Waals surface area contributed by atoms with Gasteiger partial charge in [-0.3, -0.25) is 15.4 Å². The maximum atomic E-state index is 12.0. The third-order valence-electron chi connectivity index (χ3n) is 3.14. The monoisotopic (exact) mass is 409 g/mol. The Balaban J connectivity index is 1.66. The van der Waals surface area contributed by atoms with Crippen LogP contribution in [0.4, 0.5) is 21.3 Å². The lowest BCUT2D eigenvalue weighted by atomic mass is 10.2. The van der Waals surface area contributed by atoms with Crippen LogP contribution in [-0.2, 0) is 0 Å². The molecule has 0 radical (unpaired) electrons. The van der Waals surface area contributed by atoms with Gasteiger partial charge in [-0.05, 0) is 30.3 Å². The lowest BCUT2D eigenvalue weighted by Gasteiger charge is -2.04. The molecule has 0 aliphatic rings. The molecule has 0 bridgehead atoms. The van der Waals surface area contributed by atoms with E-state index >= 15 is 0 Å². The summed E-state index contributed by atoms with van der Waals surface area (Å²) in [5, 5.41) is 25.3. The fourth-order valence-corrected chi connectivity index (χ4v) is 3.30. The number of halogens is 2. The van der Waals surface area contributed by atoms with E-state index < -0.39 is 11.0 Å². The van der Waals surface area contributed by atoms with Gasteiger partial charge < -0.3 is 5.32 Å². The largest absolute Gasteiger partial charge is 0.325 e. The van der Waals surface area contributed by atoms with Crippen molar-refractivity contribution >= 4 is 57.1 Å². The molecule has 8 nitrogen and oxygen atoms in total. The number of urea groups is 1. The molecule has 0 saturated heterocycles. The molecule has 0 fully saturated rings. The van der Waals surface area contributed by atoms with Gasteiger partial charge in [-0.2, -0.15) is 0 Å². The Hall–Kier alpha value is -2.75. The van der Waals surface area contributed by atoms with Crippen LogP contribution < -0.4 is 10.6 Å². The molecule has 3 rings (SSSR count). The van der Waals surface area contributed by atoms with Gasteiger partial charge in [-0.15, -0.1) is 10.2 Å². The lowest BCUT2D eigenvalue weighted by Crippen LogP contribution is -2.19. The number of aromatic nitrogens is 2. The number of anilines is 2. The average Bonchev–Trinajstić information content (AvgIpc) is 3.03. The van der Waals surface area contributed by atoms with Crippen molar-refractivity contribution in [1.29, 1.82) is 0 Å². The summed E-state index contributed by atoms with van der Waals surface area (Å²) in [6.07, 6.45) is 0. The number of nitrogens with one attached hydrogen (secondary N) is 2. The van der Waals surface area contributed by atoms with E-state index in [1.54, 1.807) is 18.2 Å². The quantitative estimate of drug-likeness (QED) is 0.461. The fourth-order valence-electron chi connectivity index (χ4n) is 1.97. The van der Waals surface area contributed by atoms with Crippen molar-refractivity contribution in [3.8, 4) is 10.6 Å². The van der Waals surface area contributed by atoms with Crippen LogP contribution in [0, 0.1) is 10.1 Å². The van der Waals surface area contributed by atoms with Gasteiger partial charge in [0.2, 0.25) is 5.13 Å². The van der Waals surface area contributed by atoms with E-state index in [4.69, 9.17) is 23.2 Å². The molecule has 0 spiro atoms. The number of nitro benzene ring substituents is 1. The van der Waals surface area contributed by atoms with Crippen LogP contribution >= 0.6 is 34.5 Å². The Morgan fingerprint density at radius 2 is 1.81 bits per heavy atom. The highest BCUT2D eigenvalue weighted by Gasteiger charge is 2.13. The molecular formula is C15H9Cl2N5O3S. The van der Waals surface area contributed by atoms with Crippen LogP contribution in [0.15, 0.2) is 42.5 Å². The van der Waals surface area contributed by atoms with Crippen molar-refractivity contribution in [2.75, 3.05) is 10.6 Å². The first kappa shape index (κ1) is 18.1. The molecule has 1 heterocycles. The molecule has 2 aromatic carbocycles. The minimum Gasteiger partial charge on any atom is -0.308 e. The van der Waals surface area contributed by atoms with Crippen LogP contribution in [0.3, 0.4) is 0 Å². The SMILES string of the molecule is O=C(Nc1ccc([N+](=O)[O-])cc1)Nc1nnc(-c2ccc(Cl)cc2Cl)s1. The van der Waals surface area contributed by atoms with Crippen molar-refractivity contribution < 1.29 is 9.72 Å². The topological polar surface area (TPSA) is 110 Å². The second kappa shape index (κ2) is 7.65. The van der Waals surface area contributed by atoms with Crippen molar-refractivity contribution in [2.24, 2.45) is 0 Å². The van der Waals surface area contributed by atoms with E-state index in [-0.39, 0.29) is 10.8 Å². The zero-order valence-corrected chi connectivity index (χ0v) is 15.1.